The number of rotatable bonds is 4. The number of aryl methyl sites for hydroxylation is 1. The van der Waals surface area contributed by atoms with E-state index < -0.39 is 0 Å². The van der Waals surface area contributed by atoms with Crippen LogP contribution in [-0.2, 0) is 6.54 Å². The minimum absolute atomic E-state index is 0.218. The highest BCUT2D eigenvalue weighted by atomic mass is 16.3. The molecule has 4 heteroatoms. The molecule has 3 rings (SSSR count). The average molecular weight is 273 g/mol. The molecule has 2 aromatic heterocycles. The van der Waals surface area contributed by atoms with Crippen LogP contribution in [0.3, 0.4) is 0 Å². The molecule has 1 N–H and O–H groups in total. The highest BCUT2D eigenvalue weighted by Crippen LogP contribution is 2.24. The van der Waals surface area contributed by atoms with Crippen molar-refractivity contribution in [3.8, 4) is 0 Å². The Hall–Kier alpha value is -1.39. The summed E-state index contributed by atoms with van der Waals surface area (Å²) in [4.78, 5) is 7.02. The number of imidazole rings is 1. The van der Waals surface area contributed by atoms with Gasteiger partial charge in [-0.3, -0.25) is 4.90 Å². The maximum atomic E-state index is 9.62. The van der Waals surface area contributed by atoms with Crippen LogP contribution in [0.1, 0.15) is 37.4 Å². The van der Waals surface area contributed by atoms with Gasteiger partial charge in [-0.15, -0.1) is 0 Å². The van der Waals surface area contributed by atoms with Gasteiger partial charge in [0.2, 0.25) is 0 Å². The van der Waals surface area contributed by atoms with Gasteiger partial charge in [0.25, 0.3) is 0 Å². The number of aliphatic hydroxyl groups is 1. The van der Waals surface area contributed by atoms with Crippen LogP contribution in [0.5, 0.6) is 0 Å². The summed E-state index contributed by atoms with van der Waals surface area (Å²) >= 11 is 0. The molecule has 0 bridgehead atoms. The molecule has 2 atom stereocenters. The maximum Gasteiger partial charge on any atom is 0.139 e. The second-order valence-electron chi connectivity index (χ2n) is 5.99. The van der Waals surface area contributed by atoms with E-state index in [1.165, 1.54) is 24.1 Å². The first kappa shape index (κ1) is 13.6. The highest BCUT2D eigenvalue weighted by Gasteiger charge is 2.26. The minimum atomic E-state index is -0.218. The Bertz CT molecular complexity index is 590. The number of pyridine rings is 1. The predicted octanol–water partition coefficient (Wildman–Crippen LogP) is 2.38. The van der Waals surface area contributed by atoms with Crippen LogP contribution in [0.15, 0.2) is 24.5 Å². The third-order valence-corrected chi connectivity index (χ3v) is 4.28. The largest absolute Gasteiger partial charge is 0.393 e. The van der Waals surface area contributed by atoms with Crippen LogP contribution >= 0.6 is 0 Å². The van der Waals surface area contributed by atoms with Gasteiger partial charge in [-0.25, -0.2) is 4.98 Å². The molecule has 3 heterocycles. The third kappa shape index (κ3) is 2.58. The van der Waals surface area contributed by atoms with E-state index >= 15 is 0 Å². The molecule has 108 valence electrons. The van der Waals surface area contributed by atoms with E-state index in [9.17, 15) is 5.11 Å². The first-order valence-corrected chi connectivity index (χ1v) is 7.49. The number of fused-ring (bicyclic) bond motifs is 1. The van der Waals surface area contributed by atoms with Gasteiger partial charge >= 0.3 is 0 Å². The van der Waals surface area contributed by atoms with Crippen LogP contribution in [0.25, 0.3) is 5.65 Å². The summed E-state index contributed by atoms with van der Waals surface area (Å²) in [5.41, 5.74) is 3.50. The average Bonchev–Trinajstić information content (AvgIpc) is 2.99. The van der Waals surface area contributed by atoms with Crippen LogP contribution in [0.2, 0.25) is 0 Å². The molecule has 0 amide bonds. The molecule has 0 aromatic carbocycles. The SMILES string of the molecule is Cc1cccn2c(CN3CCCC3CC(C)O)cnc12. The lowest BCUT2D eigenvalue weighted by molar-refractivity contribution is 0.130. The molecule has 20 heavy (non-hydrogen) atoms. The molecule has 2 unspecified atom stereocenters. The van der Waals surface area contributed by atoms with Gasteiger partial charge in [-0.1, -0.05) is 6.07 Å². The molecule has 0 radical (unpaired) electrons. The van der Waals surface area contributed by atoms with E-state index in [-0.39, 0.29) is 6.10 Å². The Labute approximate surface area is 120 Å². The summed E-state index contributed by atoms with van der Waals surface area (Å²) in [6, 6.07) is 4.67. The van der Waals surface area contributed by atoms with Crippen molar-refractivity contribution in [3.05, 3.63) is 35.8 Å². The molecule has 4 nitrogen and oxygen atoms in total. The van der Waals surface area contributed by atoms with Gasteiger partial charge in [0.15, 0.2) is 0 Å². The zero-order valence-electron chi connectivity index (χ0n) is 12.3. The van der Waals surface area contributed by atoms with Crippen molar-refractivity contribution in [2.45, 2.75) is 51.8 Å². The smallest absolute Gasteiger partial charge is 0.139 e. The number of likely N-dealkylation sites (tertiary alicyclic amines) is 1. The molecule has 1 saturated heterocycles. The van der Waals surface area contributed by atoms with Crippen molar-refractivity contribution in [1.82, 2.24) is 14.3 Å². The summed E-state index contributed by atoms with van der Waals surface area (Å²) in [5, 5.41) is 9.62. The number of nitrogens with zero attached hydrogens (tertiary/aromatic N) is 3. The van der Waals surface area contributed by atoms with Gasteiger partial charge < -0.3 is 9.51 Å². The molecule has 0 aliphatic carbocycles. The third-order valence-electron chi connectivity index (χ3n) is 4.28. The van der Waals surface area contributed by atoms with Gasteiger partial charge in [0, 0.05) is 18.8 Å². The van der Waals surface area contributed by atoms with E-state index in [1.807, 2.05) is 13.1 Å². The normalized spacial score (nSPS) is 21.6. The summed E-state index contributed by atoms with van der Waals surface area (Å²) in [5.74, 6) is 0. The summed E-state index contributed by atoms with van der Waals surface area (Å²) < 4.78 is 2.19. The van der Waals surface area contributed by atoms with E-state index in [4.69, 9.17) is 0 Å². The van der Waals surface area contributed by atoms with Crippen molar-refractivity contribution in [3.63, 3.8) is 0 Å². The fourth-order valence-corrected chi connectivity index (χ4v) is 3.29. The fraction of sp³-hybridized carbons (Fsp3) is 0.562. The summed E-state index contributed by atoms with van der Waals surface area (Å²) in [7, 11) is 0. The molecule has 0 spiro atoms. The van der Waals surface area contributed by atoms with E-state index in [1.54, 1.807) is 0 Å². The van der Waals surface area contributed by atoms with Crippen molar-refractivity contribution >= 4 is 5.65 Å². The van der Waals surface area contributed by atoms with Crippen molar-refractivity contribution in [2.24, 2.45) is 0 Å². The lowest BCUT2D eigenvalue weighted by Gasteiger charge is -2.25. The zero-order chi connectivity index (χ0) is 14.1. The minimum Gasteiger partial charge on any atom is -0.393 e. The lowest BCUT2D eigenvalue weighted by atomic mass is 10.1. The number of aromatic nitrogens is 2. The zero-order valence-corrected chi connectivity index (χ0v) is 12.3. The Morgan fingerprint density at radius 3 is 3.15 bits per heavy atom. The second kappa shape index (κ2) is 5.54. The predicted molar refractivity (Wildman–Crippen MR) is 79.7 cm³/mol. The molecule has 1 aliphatic heterocycles. The lowest BCUT2D eigenvalue weighted by Crippen LogP contribution is -2.31. The first-order valence-electron chi connectivity index (χ1n) is 7.49. The van der Waals surface area contributed by atoms with Crippen molar-refractivity contribution in [2.75, 3.05) is 6.54 Å². The molecular weight excluding hydrogens is 250 g/mol. The Kier molecular flexibility index (Phi) is 3.76. The number of hydrogen-bond donors (Lipinski definition) is 1. The summed E-state index contributed by atoms with van der Waals surface area (Å²) in [6.45, 7) is 6.02. The topological polar surface area (TPSA) is 40.8 Å². The molecule has 0 saturated carbocycles. The van der Waals surface area contributed by atoms with Gasteiger partial charge in [0.05, 0.1) is 18.0 Å². The second-order valence-corrected chi connectivity index (χ2v) is 5.99. The van der Waals surface area contributed by atoms with Crippen LogP contribution in [0, 0.1) is 6.92 Å². The molecule has 2 aromatic rings. The van der Waals surface area contributed by atoms with Gasteiger partial charge in [0.1, 0.15) is 5.65 Å². The Balaban J connectivity index is 1.80. The summed E-state index contributed by atoms with van der Waals surface area (Å²) in [6.07, 6.45) is 7.15. The number of aliphatic hydroxyl groups excluding tert-OH is 1. The van der Waals surface area contributed by atoms with Gasteiger partial charge in [-0.05, 0) is 51.3 Å². The van der Waals surface area contributed by atoms with Crippen LogP contribution in [0.4, 0.5) is 0 Å². The molecule has 1 aliphatic rings. The van der Waals surface area contributed by atoms with Crippen LogP contribution in [-0.4, -0.2) is 38.1 Å². The van der Waals surface area contributed by atoms with E-state index in [0.29, 0.717) is 6.04 Å². The van der Waals surface area contributed by atoms with Crippen molar-refractivity contribution < 1.29 is 5.11 Å². The standard InChI is InChI=1S/C16H23N3O/c1-12-5-3-8-19-15(10-17-16(12)19)11-18-7-4-6-14(18)9-13(2)20/h3,5,8,10,13-14,20H,4,6-7,9,11H2,1-2H3. The van der Waals surface area contributed by atoms with Gasteiger partial charge in [-0.2, -0.15) is 0 Å². The molecule has 1 fully saturated rings. The fourth-order valence-electron chi connectivity index (χ4n) is 3.29. The number of hydrogen-bond acceptors (Lipinski definition) is 3. The van der Waals surface area contributed by atoms with Crippen LogP contribution < -0.4 is 0 Å². The van der Waals surface area contributed by atoms with E-state index in [2.05, 4.69) is 39.5 Å². The first-order chi connectivity index (χ1) is 9.65. The molecular formula is C16H23N3O. The highest BCUT2D eigenvalue weighted by molar-refractivity contribution is 5.48. The van der Waals surface area contributed by atoms with Crippen molar-refractivity contribution in [1.29, 1.82) is 0 Å². The Morgan fingerprint density at radius 2 is 2.35 bits per heavy atom. The quantitative estimate of drug-likeness (QED) is 0.930. The Morgan fingerprint density at radius 1 is 1.50 bits per heavy atom. The monoisotopic (exact) mass is 273 g/mol. The van der Waals surface area contributed by atoms with E-state index in [0.717, 1.165) is 25.2 Å². The maximum absolute atomic E-state index is 9.62.